The fourth-order valence-corrected chi connectivity index (χ4v) is 5.20. The molecule has 0 fully saturated rings. The predicted octanol–water partition coefficient (Wildman–Crippen LogP) is 5.86. The smallest absolute Gasteiger partial charge is 0.336 e. The fraction of sp³-hybridized carbons (Fsp3) is 0.273. The van der Waals surface area contributed by atoms with Crippen molar-refractivity contribution in [1.29, 1.82) is 0 Å². The largest absolute Gasteiger partial charge is 0.493 e. The maximum absolute atomic E-state index is 13.5. The number of para-hydroxylation sites is 1. The number of benzene rings is 3. The molecule has 0 spiro atoms. The Hall–Kier alpha value is -4.52. The Balaban J connectivity index is 1.42. The zero-order chi connectivity index (χ0) is 27.9. The lowest BCUT2D eigenvalue weighted by molar-refractivity contribution is -0.140. The first kappa shape index (κ1) is 27.1. The molecule has 2 aliphatic rings. The maximum atomic E-state index is 13.5. The summed E-state index contributed by atoms with van der Waals surface area (Å²) in [7, 11) is 1.59. The Morgan fingerprint density at radius 1 is 0.900 bits per heavy atom. The average Bonchev–Trinajstić information content (AvgIpc) is 2.98. The molecule has 0 amide bonds. The van der Waals surface area contributed by atoms with E-state index in [1.807, 2.05) is 85.8 Å². The van der Waals surface area contributed by atoms with Gasteiger partial charge in [0.15, 0.2) is 17.3 Å². The van der Waals surface area contributed by atoms with Gasteiger partial charge >= 0.3 is 5.97 Å². The molecule has 7 nitrogen and oxygen atoms in total. The Morgan fingerprint density at radius 3 is 2.40 bits per heavy atom. The van der Waals surface area contributed by atoms with Crippen molar-refractivity contribution in [2.24, 2.45) is 0 Å². The van der Waals surface area contributed by atoms with E-state index in [1.165, 1.54) is 0 Å². The van der Waals surface area contributed by atoms with Crippen molar-refractivity contribution >= 4 is 11.8 Å². The summed E-state index contributed by atoms with van der Waals surface area (Å²) in [5.74, 6) is 0.771. The van der Waals surface area contributed by atoms with Gasteiger partial charge in [0, 0.05) is 29.3 Å². The number of methoxy groups -OCH3 is 1. The van der Waals surface area contributed by atoms with Crippen molar-refractivity contribution in [3.63, 3.8) is 0 Å². The molecule has 40 heavy (non-hydrogen) atoms. The molecule has 1 aliphatic carbocycles. The second-order valence-corrected chi connectivity index (χ2v) is 9.75. The van der Waals surface area contributed by atoms with Gasteiger partial charge in [-0.3, -0.25) is 4.79 Å². The number of ether oxygens (including phenoxy) is 4. The number of allylic oxidation sites excluding steroid dienone is 3. The molecule has 0 aromatic heterocycles. The van der Waals surface area contributed by atoms with Crippen LogP contribution in [0.4, 0.5) is 0 Å². The molecule has 206 valence electrons. The minimum atomic E-state index is -0.587. The van der Waals surface area contributed by atoms with E-state index in [2.05, 4.69) is 5.32 Å². The average molecular weight is 540 g/mol. The van der Waals surface area contributed by atoms with Crippen LogP contribution in [0.1, 0.15) is 43.2 Å². The third kappa shape index (κ3) is 6.04. The first-order valence-corrected chi connectivity index (χ1v) is 13.5. The Morgan fingerprint density at radius 2 is 1.65 bits per heavy atom. The molecule has 5 rings (SSSR count). The molecule has 1 aliphatic heterocycles. The zero-order valence-electron chi connectivity index (χ0n) is 22.8. The van der Waals surface area contributed by atoms with Crippen molar-refractivity contribution in [1.82, 2.24) is 5.32 Å². The summed E-state index contributed by atoms with van der Waals surface area (Å²) in [6.07, 6.45) is 1.96. The van der Waals surface area contributed by atoms with E-state index in [9.17, 15) is 9.59 Å². The molecule has 0 bridgehead atoms. The number of Topliss-reactive ketones (excluding diaryl/α,β-unsaturated/α-hetero) is 1. The summed E-state index contributed by atoms with van der Waals surface area (Å²) in [6.45, 7) is 2.49. The minimum Gasteiger partial charge on any atom is -0.493 e. The third-order valence-electron chi connectivity index (χ3n) is 7.08. The highest BCUT2D eigenvalue weighted by atomic mass is 16.6. The number of carbonyl (C=O) groups is 2. The number of dihydropyridines is 1. The number of ketones is 1. The molecule has 7 heteroatoms. The van der Waals surface area contributed by atoms with Crippen LogP contribution in [0.2, 0.25) is 0 Å². The van der Waals surface area contributed by atoms with Gasteiger partial charge in [0.1, 0.15) is 25.6 Å². The van der Waals surface area contributed by atoms with Crippen molar-refractivity contribution in [3.05, 3.63) is 113 Å². The predicted molar refractivity (Wildman–Crippen MR) is 151 cm³/mol. The second kappa shape index (κ2) is 12.6. The van der Waals surface area contributed by atoms with Crippen LogP contribution in [0, 0.1) is 0 Å². The lowest BCUT2D eigenvalue weighted by Gasteiger charge is -2.34. The quantitative estimate of drug-likeness (QED) is 0.255. The first-order valence-electron chi connectivity index (χ1n) is 13.5. The van der Waals surface area contributed by atoms with Crippen LogP contribution in [0.5, 0.6) is 17.2 Å². The van der Waals surface area contributed by atoms with Crippen LogP contribution in [-0.2, 0) is 20.9 Å². The summed E-state index contributed by atoms with van der Waals surface area (Å²) < 4.78 is 23.1. The summed E-state index contributed by atoms with van der Waals surface area (Å²) in [4.78, 5) is 26.8. The van der Waals surface area contributed by atoms with E-state index >= 15 is 0 Å². The molecular formula is C33H33NO6. The molecule has 0 saturated heterocycles. The highest BCUT2D eigenvalue weighted by Crippen LogP contribution is 2.44. The summed E-state index contributed by atoms with van der Waals surface area (Å²) in [6, 6.07) is 24.8. The number of carbonyl (C=O) groups excluding carboxylic acids is 2. The van der Waals surface area contributed by atoms with Crippen LogP contribution >= 0.6 is 0 Å². The number of esters is 1. The van der Waals surface area contributed by atoms with Crippen LogP contribution in [0.3, 0.4) is 0 Å². The van der Waals surface area contributed by atoms with Gasteiger partial charge in [-0.1, -0.05) is 54.6 Å². The highest BCUT2D eigenvalue weighted by molar-refractivity contribution is 6.03. The van der Waals surface area contributed by atoms with E-state index < -0.39 is 11.9 Å². The molecule has 1 heterocycles. The first-order chi connectivity index (χ1) is 19.5. The van der Waals surface area contributed by atoms with E-state index in [0.29, 0.717) is 47.1 Å². The fourth-order valence-electron chi connectivity index (χ4n) is 5.20. The molecule has 3 aromatic carbocycles. The van der Waals surface area contributed by atoms with Crippen LogP contribution in [0.15, 0.2) is 101 Å². The number of nitrogens with one attached hydrogen (secondary N) is 1. The Labute approximate surface area is 234 Å². The van der Waals surface area contributed by atoms with Gasteiger partial charge in [-0.15, -0.1) is 0 Å². The Bertz CT molecular complexity index is 1430. The lowest BCUT2D eigenvalue weighted by atomic mass is 9.75. The van der Waals surface area contributed by atoms with Gasteiger partial charge < -0.3 is 24.3 Å². The van der Waals surface area contributed by atoms with E-state index in [1.54, 1.807) is 7.11 Å². The van der Waals surface area contributed by atoms with Crippen LogP contribution in [0.25, 0.3) is 0 Å². The van der Waals surface area contributed by atoms with Gasteiger partial charge in [-0.2, -0.15) is 0 Å². The second-order valence-electron chi connectivity index (χ2n) is 9.75. The summed E-state index contributed by atoms with van der Waals surface area (Å²) in [5, 5.41) is 3.33. The van der Waals surface area contributed by atoms with Crippen molar-refractivity contribution in [2.45, 2.75) is 38.7 Å². The number of rotatable bonds is 10. The molecule has 1 atom stereocenters. The van der Waals surface area contributed by atoms with Gasteiger partial charge in [0.25, 0.3) is 0 Å². The van der Waals surface area contributed by atoms with Crippen LogP contribution < -0.4 is 19.5 Å². The number of hydrogen-bond acceptors (Lipinski definition) is 7. The topological polar surface area (TPSA) is 83.1 Å². The van der Waals surface area contributed by atoms with Crippen LogP contribution in [-0.4, -0.2) is 32.1 Å². The summed E-state index contributed by atoms with van der Waals surface area (Å²) in [5.41, 5.74) is 4.35. The SMILES string of the molecule is COc1ccc([C@@H]2C(C(=O)OCCOc3ccccc3)=C(C)NC3=C2C(=O)CCC3)cc1OCc1ccccc1. The third-order valence-corrected chi connectivity index (χ3v) is 7.08. The minimum absolute atomic E-state index is 0.0338. The number of hydrogen-bond donors (Lipinski definition) is 1. The molecule has 3 aromatic rings. The molecular weight excluding hydrogens is 506 g/mol. The monoisotopic (exact) mass is 539 g/mol. The molecule has 0 unspecified atom stereocenters. The van der Waals surface area contributed by atoms with E-state index in [-0.39, 0.29) is 19.0 Å². The summed E-state index contributed by atoms with van der Waals surface area (Å²) >= 11 is 0. The van der Waals surface area contributed by atoms with E-state index in [4.69, 9.17) is 18.9 Å². The molecule has 1 N–H and O–H groups in total. The van der Waals surface area contributed by atoms with Crippen molar-refractivity contribution in [2.75, 3.05) is 20.3 Å². The van der Waals surface area contributed by atoms with Gasteiger partial charge in [-0.25, -0.2) is 4.79 Å². The lowest BCUT2D eigenvalue weighted by Crippen LogP contribution is -2.34. The van der Waals surface area contributed by atoms with Crippen molar-refractivity contribution < 1.29 is 28.5 Å². The zero-order valence-corrected chi connectivity index (χ0v) is 22.8. The molecule has 0 saturated carbocycles. The van der Waals surface area contributed by atoms with Gasteiger partial charge in [0.2, 0.25) is 0 Å². The van der Waals surface area contributed by atoms with E-state index in [0.717, 1.165) is 29.7 Å². The molecule has 0 radical (unpaired) electrons. The van der Waals surface area contributed by atoms with Gasteiger partial charge in [-0.05, 0) is 55.2 Å². The standard InChI is InChI=1S/C33H33NO6/c1-22-30(33(36)39-19-18-38-25-12-7-4-8-13-25)31(32-26(34-22)14-9-15-27(32)35)24-16-17-28(37-2)29(20-24)40-21-23-10-5-3-6-11-23/h3-8,10-13,16-17,20,31,34H,9,14-15,18-19,21H2,1-2H3/t31-/m1/s1. The van der Waals surface area contributed by atoms with Gasteiger partial charge in [0.05, 0.1) is 12.7 Å². The normalized spacial score (nSPS) is 16.6. The Kier molecular flexibility index (Phi) is 8.50. The van der Waals surface area contributed by atoms with Crippen molar-refractivity contribution in [3.8, 4) is 17.2 Å². The highest BCUT2D eigenvalue weighted by Gasteiger charge is 2.39. The maximum Gasteiger partial charge on any atom is 0.336 e.